The number of hydrogen-bond donors (Lipinski definition) is 2. The van der Waals surface area contributed by atoms with Crippen molar-refractivity contribution in [2.24, 2.45) is 0 Å². The van der Waals surface area contributed by atoms with Crippen molar-refractivity contribution in [3.63, 3.8) is 0 Å². The molecule has 4 aromatic heterocycles. The van der Waals surface area contributed by atoms with Gasteiger partial charge in [0.05, 0.1) is 18.1 Å². The Morgan fingerprint density at radius 3 is 2.88 bits per heavy atom. The summed E-state index contributed by atoms with van der Waals surface area (Å²) in [4.78, 5) is 13.0. The van der Waals surface area contributed by atoms with Crippen LogP contribution in [0.2, 0.25) is 5.15 Å². The van der Waals surface area contributed by atoms with Gasteiger partial charge in [-0.05, 0) is 13.8 Å². The molecule has 24 heavy (non-hydrogen) atoms. The van der Waals surface area contributed by atoms with Crippen molar-refractivity contribution in [1.82, 2.24) is 34.9 Å². The van der Waals surface area contributed by atoms with Crippen LogP contribution in [0.1, 0.15) is 19.9 Å². The second-order valence-electron chi connectivity index (χ2n) is 5.41. The van der Waals surface area contributed by atoms with E-state index in [1.165, 1.54) is 12.7 Å². The largest absolute Gasteiger partial charge is 0.451 e. The predicted molar refractivity (Wildman–Crippen MR) is 88.1 cm³/mol. The fraction of sp³-hybridized carbons (Fsp3) is 0.214. The Kier molecular flexibility index (Phi) is 3.42. The monoisotopic (exact) mass is 344 g/mol. The van der Waals surface area contributed by atoms with Crippen molar-refractivity contribution >= 4 is 34.1 Å². The molecule has 4 rings (SSSR count). The first-order valence-corrected chi connectivity index (χ1v) is 7.61. The molecule has 0 amide bonds. The number of aromatic amines is 1. The van der Waals surface area contributed by atoms with Crippen LogP contribution in [0, 0.1) is 0 Å². The number of H-pyrrole nitrogens is 1. The molecule has 2 N–H and O–H groups in total. The molecular weight excluding hydrogens is 332 g/mol. The van der Waals surface area contributed by atoms with Crippen LogP contribution in [-0.2, 0) is 0 Å². The van der Waals surface area contributed by atoms with Crippen molar-refractivity contribution in [2.75, 3.05) is 5.32 Å². The number of nitrogens with zero attached hydrogens (tertiary/aromatic N) is 6. The third-order valence-electron chi connectivity index (χ3n) is 3.44. The van der Waals surface area contributed by atoms with Gasteiger partial charge in [0.25, 0.3) is 0 Å². The van der Waals surface area contributed by atoms with Crippen LogP contribution in [0.5, 0.6) is 0 Å². The van der Waals surface area contributed by atoms with E-state index in [9.17, 15) is 0 Å². The molecule has 122 valence electrons. The van der Waals surface area contributed by atoms with E-state index in [0.29, 0.717) is 39.2 Å². The molecule has 0 atom stereocenters. The number of anilines is 2. The van der Waals surface area contributed by atoms with Crippen LogP contribution < -0.4 is 5.32 Å². The molecule has 9 nitrogen and oxygen atoms in total. The Labute approximate surface area is 141 Å². The summed E-state index contributed by atoms with van der Waals surface area (Å²) in [7, 11) is 0. The minimum absolute atomic E-state index is 0.149. The van der Waals surface area contributed by atoms with E-state index in [1.54, 1.807) is 17.1 Å². The maximum absolute atomic E-state index is 6.38. The van der Waals surface area contributed by atoms with Crippen LogP contribution in [0.25, 0.3) is 22.6 Å². The van der Waals surface area contributed by atoms with Crippen LogP contribution >= 0.6 is 11.6 Å². The number of fused-ring (bicyclic) bond motifs is 1. The average molecular weight is 345 g/mol. The van der Waals surface area contributed by atoms with Gasteiger partial charge < -0.3 is 9.73 Å². The highest BCUT2D eigenvalue weighted by Crippen LogP contribution is 2.30. The second kappa shape index (κ2) is 5.60. The summed E-state index contributed by atoms with van der Waals surface area (Å²) in [5, 5.41) is 14.9. The van der Waals surface area contributed by atoms with E-state index in [-0.39, 0.29) is 6.04 Å². The lowest BCUT2D eigenvalue weighted by Crippen LogP contribution is -2.03. The van der Waals surface area contributed by atoms with E-state index in [2.05, 4.69) is 35.6 Å². The van der Waals surface area contributed by atoms with Gasteiger partial charge in [0, 0.05) is 6.04 Å². The molecule has 0 fully saturated rings. The van der Waals surface area contributed by atoms with E-state index in [1.807, 2.05) is 13.8 Å². The number of hydrogen-bond acceptors (Lipinski definition) is 7. The molecule has 4 heterocycles. The summed E-state index contributed by atoms with van der Waals surface area (Å²) in [5.41, 5.74) is 2.49. The smallest absolute Gasteiger partial charge is 0.184 e. The summed E-state index contributed by atoms with van der Waals surface area (Å²) < 4.78 is 6.72. The molecule has 4 aromatic rings. The molecule has 0 radical (unpaired) electrons. The molecule has 0 unspecified atom stereocenters. The first-order chi connectivity index (χ1) is 11.6. The summed E-state index contributed by atoms with van der Waals surface area (Å²) in [5.74, 6) is 0.952. The molecule has 0 saturated carbocycles. The Balaban J connectivity index is 1.80. The van der Waals surface area contributed by atoms with Gasteiger partial charge in [-0.1, -0.05) is 11.6 Å². The van der Waals surface area contributed by atoms with Gasteiger partial charge >= 0.3 is 0 Å². The topological polar surface area (TPSA) is 110 Å². The Morgan fingerprint density at radius 1 is 1.29 bits per heavy atom. The molecule has 10 heteroatoms. The van der Waals surface area contributed by atoms with Crippen LogP contribution in [0.3, 0.4) is 0 Å². The number of oxazole rings is 1. The SMILES string of the molecule is CC(C)n1ncc(Nc2nc(-c3cocn3)nc3cn[nH]c23)c1Cl. The van der Waals surface area contributed by atoms with E-state index < -0.39 is 0 Å². The van der Waals surface area contributed by atoms with Crippen LogP contribution in [0.15, 0.2) is 29.5 Å². The number of halogens is 1. The van der Waals surface area contributed by atoms with Crippen LogP contribution in [-0.4, -0.2) is 34.9 Å². The minimum Gasteiger partial charge on any atom is -0.451 e. The fourth-order valence-electron chi connectivity index (χ4n) is 2.29. The van der Waals surface area contributed by atoms with Crippen molar-refractivity contribution in [3.8, 4) is 11.5 Å². The van der Waals surface area contributed by atoms with Gasteiger partial charge in [-0.3, -0.25) is 5.10 Å². The molecular formula is C14H13ClN8O. The maximum atomic E-state index is 6.38. The minimum atomic E-state index is 0.149. The third-order valence-corrected chi connectivity index (χ3v) is 3.82. The average Bonchev–Trinajstić information content (AvgIpc) is 3.28. The molecule has 0 aliphatic rings. The van der Waals surface area contributed by atoms with E-state index >= 15 is 0 Å². The predicted octanol–water partition coefficient (Wildman–Crippen LogP) is 3.18. The van der Waals surface area contributed by atoms with E-state index in [4.69, 9.17) is 16.0 Å². The van der Waals surface area contributed by atoms with Crippen molar-refractivity contribution in [2.45, 2.75) is 19.9 Å². The molecule has 0 aliphatic carbocycles. The standard InChI is InChI=1S/C14H13ClN8O/c1-7(2)23-12(15)9(4-18-23)20-14-11-8(3-17-22-11)19-13(21-14)10-5-24-6-16-10/h3-7H,1-2H3,(H,17,22)(H,19,20,21). The first kappa shape index (κ1) is 14.6. The van der Waals surface area contributed by atoms with Gasteiger partial charge in [-0.2, -0.15) is 10.2 Å². The quantitative estimate of drug-likeness (QED) is 0.584. The normalized spacial score (nSPS) is 11.5. The zero-order valence-corrected chi connectivity index (χ0v) is 13.6. The Bertz CT molecular complexity index is 988. The Morgan fingerprint density at radius 2 is 2.17 bits per heavy atom. The third kappa shape index (κ3) is 2.38. The van der Waals surface area contributed by atoms with Gasteiger partial charge in [0.1, 0.15) is 23.0 Å². The second-order valence-corrected chi connectivity index (χ2v) is 5.77. The van der Waals surface area contributed by atoms with Crippen molar-refractivity contribution in [3.05, 3.63) is 30.2 Å². The van der Waals surface area contributed by atoms with Crippen molar-refractivity contribution < 1.29 is 4.42 Å². The first-order valence-electron chi connectivity index (χ1n) is 7.23. The highest BCUT2D eigenvalue weighted by Gasteiger charge is 2.16. The van der Waals surface area contributed by atoms with Gasteiger partial charge in [0.15, 0.2) is 23.2 Å². The summed E-state index contributed by atoms with van der Waals surface area (Å²) in [6.45, 7) is 4.01. The zero-order chi connectivity index (χ0) is 16.7. The number of rotatable bonds is 4. The lowest BCUT2D eigenvalue weighted by molar-refractivity contribution is 0.533. The lowest BCUT2D eigenvalue weighted by atomic mass is 10.3. The van der Waals surface area contributed by atoms with Gasteiger partial charge in [-0.15, -0.1) is 0 Å². The molecule has 0 aromatic carbocycles. The lowest BCUT2D eigenvalue weighted by Gasteiger charge is -2.09. The maximum Gasteiger partial charge on any atom is 0.184 e. The molecule has 0 saturated heterocycles. The fourth-order valence-corrected chi connectivity index (χ4v) is 2.62. The number of nitrogens with one attached hydrogen (secondary N) is 2. The summed E-state index contributed by atoms with van der Waals surface area (Å²) in [6.07, 6.45) is 6.08. The summed E-state index contributed by atoms with van der Waals surface area (Å²) >= 11 is 6.38. The van der Waals surface area contributed by atoms with Crippen molar-refractivity contribution in [1.29, 1.82) is 0 Å². The Hall–Kier alpha value is -2.94. The highest BCUT2D eigenvalue weighted by atomic mass is 35.5. The van der Waals surface area contributed by atoms with E-state index in [0.717, 1.165) is 0 Å². The molecule has 0 bridgehead atoms. The highest BCUT2D eigenvalue weighted by molar-refractivity contribution is 6.32. The molecule has 0 spiro atoms. The van der Waals surface area contributed by atoms with Crippen LogP contribution in [0.4, 0.5) is 11.5 Å². The molecule has 0 aliphatic heterocycles. The van der Waals surface area contributed by atoms with Gasteiger partial charge in [0.2, 0.25) is 0 Å². The van der Waals surface area contributed by atoms with Gasteiger partial charge in [-0.25, -0.2) is 19.6 Å². The summed E-state index contributed by atoms with van der Waals surface area (Å²) in [6, 6.07) is 0.149. The zero-order valence-electron chi connectivity index (χ0n) is 12.9. The number of aromatic nitrogens is 7.